The lowest BCUT2D eigenvalue weighted by Crippen LogP contribution is -2.32. The number of rotatable bonds is 6. The largest absolute Gasteiger partial charge is 0.381 e. The van der Waals surface area contributed by atoms with Crippen LogP contribution in [0.15, 0.2) is 72.8 Å². The van der Waals surface area contributed by atoms with Crippen molar-refractivity contribution in [2.24, 2.45) is 5.92 Å². The summed E-state index contributed by atoms with van der Waals surface area (Å²) in [6.07, 6.45) is 2.63. The van der Waals surface area contributed by atoms with E-state index in [2.05, 4.69) is 53.5 Å². The molecule has 3 aromatic carbocycles. The maximum Gasteiger partial charge on any atom is 0.123 e. The van der Waals surface area contributed by atoms with E-state index >= 15 is 0 Å². The van der Waals surface area contributed by atoms with E-state index in [4.69, 9.17) is 0 Å². The van der Waals surface area contributed by atoms with Gasteiger partial charge in [-0.2, -0.15) is 0 Å². The molecule has 1 N–H and O–H groups in total. The Morgan fingerprint density at radius 2 is 1.55 bits per heavy atom. The highest BCUT2D eigenvalue weighted by Crippen LogP contribution is 2.22. The third-order valence-electron chi connectivity index (χ3n) is 5.82. The molecule has 0 atom stereocenters. The Morgan fingerprint density at radius 1 is 0.862 bits per heavy atom. The number of piperidine rings is 1. The SMILES string of the molecule is CC1CCN(Cc2ccc(NCc3cccc(-c4cccc(F)c4)c3)cc2)CC1. The summed E-state index contributed by atoms with van der Waals surface area (Å²) < 4.78 is 13.5. The highest BCUT2D eigenvalue weighted by molar-refractivity contribution is 5.64. The summed E-state index contributed by atoms with van der Waals surface area (Å²) in [5, 5.41) is 3.50. The summed E-state index contributed by atoms with van der Waals surface area (Å²) in [5.74, 6) is 0.669. The van der Waals surface area contributed by atoms with Crippen LogP contribution < -0.4 is 5.32 Å². The van der Waals surface area contributed by atoms with Gasteiger partial charge >= 0.3 is 0 Å². The minimum absolute atomic E-state index is 0.204. The molecule has 0 bridgehead atoms. The van der Waals surface area contributed by atoms with Crippen LogP contribution in [0, 0.1) is 11.7 Å². The smallest absolute Gasteiger partial charge is 0.123 e. The molecule has 3 aromatic rings. The van der Waals surface area contributed by atoms with Crippen molar-refractivity contribution in [1.82, 2.24) is 4.90 Å². The number of nitrogens with one attached hydrogen (secondary N) is 1. The van der Waals surface area contributed by atoms with Crippen LogP contribution in [0.5, 0.6) is 0 Å². The van der Waals surface area contributed by atoms with Crippen molar-refractivity contribution in [2.45, 2.75) is 32.9 Å². The molecule has 0 aromatic heterocycles. The van der Waals surface area contributed by atoms with Gasteiger partial charge in [-0.3, -0.25) is 4.90 Å². The molecule has 150 valence electrons. The fraction of sp³-hybridized carbons (Fsp3) is 0.308. The number of anilines is 1. The van der Waals surface area contributed by atoms with Gasteiger partial charge in [-0.05, 0) is 84.4 Å². The van der Waals surface area contributed by atoms with E-state index in [-0.39, 0.29) is 5.82 Å². The first-order valence-electron chi connectivity index (χ1n) is 10.6. The van der Waals surface area contributed by atoms with Crippen molar-refractivity contribution in [3.05, 3.63) is 89.7 Å². The molecule has 2 nitrogen and oxygen atoms in total. The zero-order valence-electron chi connectivity index (χ0n) is 17.1. The molecule has 0 aliphatic carbocycles. The van der Waals surface area contributed by atoms with Gasteiger partial charge in [0.2, 0.25) is 0 Å². The number of hydrogen-bond donors (Lipinski definition) is 1. The third-order valence-corrected chi connectivity index (χ3v) is 5.82. The van der Waals surface area contributed by atoms with Crippen LogP contribution in [-0.4, -0.2) is 18.0 Å². The Kier molecular flexibility index (Phi) is 6.26. The highest BCUT2D eigenvalue weighted by atomic mass is 19.1. The molecule has 0 saturated carbocycles. The lowest BCUT2D eigenvalue weighted by atomic mass is 9.99. The van der Waals surface area contributed by atoms with Crippen LogP contribution in [0.2, 0.25) is 0 Å². The van der Waals surface area contributed by atoms with E-state index in [9.17, 15) is 4.39 Å². The summed E-state index contributed by atoms with van der Waals surface area (Å²) >= 11 is 0. The molecule has 0 amide bonds. The third kappa shape index (κ3) is 5.45. The molecule has 4 rings (SSSR count). The van der Waals surface area contributed by atoms with E-state index in [0.29, 0.717) is 0 Å². The summed E-state index contributed by atoms with van der Waals surface area (Å²) in [6.45, 7) is 6.56. The predicted molar refractivity (Wildman–Crippen MR) is 119 cm³/mol. The average Bonchev–Trinajstić information content (AvgIpc) is 2.75. The van der Waals surface area contributed by atoms with Gasteiger partial charge in [0.1, 0.15) is 5.82 Å². The van der Waals surface area contributed by atoms with Gasteiger partial charge in [0.05, 0.1) is 0 Å². The number of nitrogens with zero attached hydrogens (tertiary/aromatic N) is 1. The van der Waals surface area contributed by atoms with Gasteiger partial charge in [-0.1, -0.05) is 49.4 Å². The minimum Gasteiger partial charge on any atom is -0.381 e. The summed E-state index contributed by atoms with van der Waals surface area (Å²) in [7, 11) is 0. The minimum atomic E-state index is -0.204. The zero-order chi connectivity index (χ0) is 20.1. The van der Waals surface area contributed by atoms with Crippen LogP contribution in [0.4, 0.5) is 10.1 Å². The summed E-state index contributed by atoms with van der Waals surface area (Å²) in [4.78, 5) is 2.56. The number of hydrogen-bond acceptors (Lipinski definition) is 2. The van der Waals surface area contributed by atoms with Crippen molar-refractivity contribution in [2.75, 3.05) is 18.4 Å². The first-order valence-corrected chi connectivity index (χ1v) is 10.6. The van der Waals surface area contributed by atoms with E-state index in [1.807, 2.05) is 18.2 Å². The van der Waals surface area contributed by atoms with Crippen LogP contribution in [0.25, 0.3) is 11.1 Å². The van der Waals surface area contributed by atoms with E-state index in [1.54, 1.807) is 12.1 Å². The number of likely N-dealkylation sites (tertiary alicyclic amines) is 1. The molecule has 1 heterocycles. The van der Waals surface area contributed by atoms with Gasteiger partial charge in [0.25, 0.3) is 0 Å². The Morgan fingerprint density at radius 3 is 2.28 bits per heavy atom. The Labute approximate surface area is 173 Å². The van der Waals surface area contributed by atoms with Crippen molar-refractivity contribution >= 4 is 5.69 Å². The molecular weight excluding hydrogens is 359 g/mol. The monoisotopic (exact) mass is 388 g/mol. The van der Waals surface area contributed by atoms with Gasteiger partial charge in [0, 0.05) is 18.8 Å². The normalized spacial score (nSPS) is 15.4. The molecule has 3 heteroatoms. The maximum atomic E-state index is 13.5. The van der Waals surface area contributed by atoms with Gasteiger partial charge in [-0.15, -0.1) is 0 Å². The fourth-order valence-electron chi connectivity index (χ4n) is 3.94. The van der Waals surface area contributed by atoms with Crippen molar-refractivity contribution in [3.63, 3.8) is 0 Å². The first kappa shape index (κ1) is 19.7. The molecular formula is C26H29FN2. The molecule has 0 radical (unpaired) electrons. The fourth-order valence-corrected chi connectivity index (χ4v) is 3.94. The van der Waals surface area contributed by atoms with Crippen LogP contribution in [-0.2, 0) is 13.1 Å². The zero-order valence-corrected chi connectivity index (χ0v) is 17.1. The van der Waals surface area contributed by atoms with E-state index in [1.165, 1.54) is 43.1 Å². The van der Waals surface area contributed by atoms with Crippen LogP contribution >= 0.6 is 0 Å². The molecule has 1 saturated heterocycles. The van der Waals surface area contributed by atoms with Gasteiger partial charge in [0.15, 0.2) is 0 Å². The topological polar surface area (TPSA) is 15.3 Å². The maximum absolute atomic E-state index is 13.5. The van der Waals surface area contributed by atoms with Crippen LogP contribution in [0.1, 0.15) is 30.9 Å². The number of benzene rings is 3. The molecule has 0 unspecified atom stereocenters. The molecule has 29 heavy (non-hydrogen) atoms. The second kappa shape index (κ2) is 9.23. The Hall–Kier alpha value is -2.65. The highest BCUT2D eigenvalue weighted by Gasteiger charge is 2.15. The molecule has 1 aliphatic heterocycles. The second-order valence-electron chi connectivity index (χ2n) is 8.22. The van der Waals surface area contributed by atoms with E-state index < -0.39 is 0 Å². The standard InChI is InChI=1S/C26H29FN2/c1-20-12-14-29(15-13-20)19-21-8-10-26(11-9-21)28-18-22-4-2-5-23(16-22)24-6-3-7-25(27)17-24/h2-11,16-17,20,28H,12-15,18-19H2,1H3. The summed E-state index contributed by atoms with van der Waals surface area (Å²) in [5.41, 5.74) is 5.62. The van der Waals surface area contributed by atoms with Gasteiger partial charge in [-0.25, -0.2) is 4.39 Å². The van der Waals surface area contributed by atoms with Gasteiger partial charge < -0.3 is 5.32 Å². The van der Waals surface area contributed by atoms with Crippen molar-refractivity contribution in [1.29, 1.82) is 0 Å². The second-order valence-corrected chi connectivity index (χ2v) is 8.22. The predicted octanol–water partition coefficient (Wildman–Crippen LogP) is 6.34. The molecule has 1 fully saturated rings. The first-order chi connectivity index (χ1) is 14.2. The van der Waals surface area contributed by atoms with Crippen LogP contribution in [0.3, 0.4) is 0 Å². The molecule has 0 spiro atoms. The summed E-state index contributed by atoms with van der Waals surface area (Å²) in [6, 6.07) is 23.8. The Balaban J connectivity index is 1.34. The lowest BCUT2D eigenvalue weighted by molar-refractivity contribution is 0.185. The van der Waals surface area contributed by atoms with Crippen molar-refractivity contribution in [3.8, 4) is 11.1 Å². The Bertz CT molecular complexity index is 927. The quantitative estimate of drug-likeness (QED) is 0.530. The van der Waals surface area contributed by atoms with Crippen molar-refractivity contribution < 1.29 is 4.39 Å². The molecule has 1 aliphatic rings. The number of halogens is 1. The average molecular weight is 389 g/mol. The van der Waals surface area contributed by atoms with E-state index in [0.717, 1.165) is 35.8 Å². The lowest BCUT2D eigenvalue weighted by Gasteiger charge is -2.30.